The fraction of sp³-hybridized carbons (Fsp3) is 0. The third-order valence-corrected chi connectivity index (χ3v) is 5.47. The highest BCUT2D eigenvalue weighted by Gasteiger charge is 2.18. The molecule has 0 aliphatic heterocycles. The average Bonchev–Trinajstić information content (AvgIpc) is 2.98. The summed E-state index contributed by atoms with van der Waals surface area (Å²) in [5.74, 6) is -0.242. The minimum atomic E-state index is -0.242. The lowest BCUT2D eigenvalue weighted by Gasteiger charge is -2.07. The molecule has 0 saturated carbocycles. The minimum absolute atomic E-state index is 0.242. The van der Waals surface area contributed by atoms with Crippen LogP contribution in [0.1, 0.15) is 9.67 Å². The van der Waals surface area contributed by atoms with E-state index < -0.39 is 0 Å². The van der Waals surface area contributed by atoms with E-state index in [9.17, 15) is 4.79 Å². The molecule has 0 spiro atoms. The number of nitrogens with one attached hydrogen (secondary N) is 2. The third kappa shape index (κ3) is 2.60. The summed E-state index contributed by atoms with van der Waals surface area (Å²) < 4.78 is 1.00. The number of carbonyl (C=O) groups is 1. The van der Waals surface area contributed by atoms with Gasteiger partial charge >= 0.3 is 0 Å². The van der Waals surface area contributed by atoms with Crippen LogP contribution < -0.4 is 10.9 Å². The van der Waals surface area contributed by atoms with Gasteiger partial charge in [-0.25, -0.2) is 0 Å². The molecule has 0 radical (unpaired) electrons. The van der Waals surface area contributed by atoms with Crippen LogP contribution in [-0.4, -0.2) is 5.91 Å². The Bertz CT molecular complexity index is 1040. The molecule has 1 aromatic heterocycles. The number of benzene rings is 3. The van der Waals surface area contributed by atoms with E-state index in [-0.39, 0.29) is 5.91 Å². The number of hydrogen-bond donors (Lipinski definition) is 2. The average molecular weight is 353 g/mol. The maximum Gasteiger partial charge on any atom is 0.281 e. The van der Waals surface area contributed by atoms with Gasteiger partial charge in [0.1, 0.15) is 4.88 Å². The first-order valence-corrected chi connectivity index (χ1v) is 8.64. The number of fused-ring (bicyclic) bond motifs is 3. The number of halogens is 1. The predicted molar refractivity (Wildman–Crippen MR) is 102 cm³/mol. The first-order chi connectivity index (χ1) is 11.7. The number of rotatable bonds is 3. The van der Waals surface area contributed by atoms with Crippen LogP contribution in [0.25, 0.3) is 20.9 Å². The highest BCUT2D eigenvalue weighted by atomic mass is 35.5. The van der Waals surface area contributed by atoms with Crippen molar-refractivity contribution in [3.8, 4) is 0 Å². The molecule has 0 saturated heterocycles. The van der Waals surface area contributed by atoms with Gasteiger partial charge in [0.15, 0.2) is 0 Å². The summed E-state index contributed by atoms with van der Waals surface area (Å²) in [6.07, 6.45) is 0. The largest absolute Gasteiger partial charge is 0.298 e. The number of hydrogen-bond acceptors (Lipinski definition) is 3. The van der Waals surface area contributed by atoms with Crippen LogP contribution in [0.15, 0.2) is 66.7 Å². The highest BCUT2D eigenvalue weighted by molar-refractivity contribution is 7.21. The summed E-state index contributed by atoms with van der Waals surface area (Å²) in [5.41, 5.74) is 6.42. The molecule has 1 amide bonds. The maximum atomic E-state index is 12.5. The number of para-hydroxylation sites is 1. The lowest BCUT2D eigenvalue weighted by atomic mass is 10.1. The Balaban J connectivity index is 1.70. The summed E-state index contributed by atoms with van der Waals surface area (Å²) in [4.78, 5) is 13.0. The zero-order chi connectivity index (χ0) is 16.5. The van der Waals surface area contributed by atoms with Crippen molar-refractivity contribution >= 4 is 55.4 Å². The Labute approximate surface area is 147 Å². The lowest BCUT2D eigenvalue weighted by molar-refractivity contribution is 0.0967. The van der Waals surface area contributed by atoms with Crippen molar-refractivity contribution in [1.29, 1.82) is 0 Å². The smallest absolute Gasteiger partial charge is 0.281 e. The molecule has 3 aromatic carbocycles. The second kappa shape index (κ2) is 6.15. The van der Waals surface area contributed by atoms with E-state index in [0.29, 0.717) is 9.90 Å². The van der Waals surface area contributed by atoms with E-state index >= 15 is 0 Å². The van der Waals surface area contributed by atoms with Crippen molar-refractivity contribution in [3.05, 3.63) is 76.6 Å². The Hall–Kier alpha value is -2.56. The van der Waals surface area contributed by atoms with E-state index in [1.165, 1.54) is 11.3 Å². The predicted octanol–water partition coefficient (Wildman–Crippen LogP) is 5.46. The molecule has 0 bridgehead atoms. The van der Waals surface area contributed by atoms with Crippen molar-refractivity contribution in [2.24, 2.45) is 0 Å². The van der Waals surface area contributed by atoms with E-state index in [2.05, 4.69) is 10.9 Å². The summed E-state index contributed by atoms with van der Waals surface area (Å²) in [6, 6.07) is 21.6. The molecule has 0 aliphatic rings. The number of amides is 1. The van der Waals surface area contributed by atoms with Gasteiger partial charge in [-0.1, -0.05) is 60.1 Å². The van der Waals surface area contributed by atoms with Gasteiger partial charge in [0.2, 0.25) is 0 Å². The normalized spacial score (nSPS) is 10.9. The molecule has 5 heteroatoms. The van der Waals surface area contributed by atoms with E-state index in [4.69, 9.17) is 11.6 Å². The van der Waals surface area contributed by atoms with Crippen LogP contribution in [0.5, 0.6) is 0 Å². The fourth-order valence-corrected chi connectivity index (χ4v) is 4.15. The molecular weight excluding hydrogens is 340 g/mol. The Kier molecular flexibility index (Phi) is 3.84. The second-order valence-electron chi connectivity index (χ2n) is 5.35. The quantitative estimate of drug-likeness (QED) is 0.480. The van der Waals surface area contributed by atoms with Crippen molar-refractivity contribution in [3.63, 3.8) is 0 Å². The molecule has 0 atom stereocenters. The van der Waals surface area contributed by atoms with Crippen LogP contribution >= 0.6 is 22.9 Å². The Morgan fingerprint density at radius 1 is 0.917 bits per heavy atom. The van der Waals surface area contributed by atoms with Gasteiger partial charge in [0.05, 0.1) is 10.7 Å². The van der Waals surface area contributed by atoms with E-state index in [0.717, 1.165) is 26.5 Å². The summed E-state index contributed by atoms with van der Waals surface area (Å²) in [7, 11) is 0. The number of carbonyl (C=O) groups excluding carboxylic acids is 1. The van der Waals surface area contributed by atoms with Crippen molar-refractivity contribution < 1.29 is 4.79 Å². The van der Waals surface area contributed by atoms with Gasteiger partial charge in [-0.3, -0.25) is 15.6 Å². The van der Waals surface area contributed by atoms with E-state index in [1.807, 2.05) is 66.7 Å². The zero-order valence-corrected chi connectivity index (χ0v) is 14.1. The Morgan fingerprint density at radius 2 is 1.67 bits per heavy atom. The third-order valence-electron chi connectivity index (χ3n) is 3.82. The molecule has 0 aliphatic carbocycles. The van der Waals surface area contributed by atoms with Gasteiger partial charge in [-0.05, 0) is 29.0 Å². The van der Waals surface area contributed by atoms with Crippen LogP contribution in [-0.2, 0) is 0 Å². The fourth-order valence-electron chi connectivity index (χ4n) is 2.68. The topological polar surface area (TPSA) is 41.1 Å². The lowest BCUT2D eigenvalue weighted by Crippen LogP contribution is -2.28. The number of hydrazine groups is 1. The highest BCUT2D eigenvalue weighted by Crippen LogP contribution is 2.39. The minimum Gasteiger partial charge on any atom is -0.298 e. The molecule has 1 heterocycles. The van der Waals surface area contributed by atoms with Crippen LogP contribution in [0.2, 0.25) is 5.02 Å². The SMILES string of the molecule is O=C(NNc1ccccc1)c1sc2ccc3ccccc3c2c1Cl. The van der Waals surface area contributed by atoms with Crippen molar-refractivity contribution in [2.75, 3.05) is 5.43 Å². The monoisotopic (exact) mass is 352 g/mol. The van der Waals surface area contributed by atoms with Gasteiger partial charge < -0.3 is 0 Å². The molecule has 118 valence electrons. The van der Waals surface area contributed by atoms with Gasteiger partial charge in [-0.15, -0.1) is 11.3 Å². The van der Waals surface area contributed by atoms with Crippen LogP contribution in [0.4, 0.5) is 5.69 Å². The maximum absolute atomic E-state index is 12.5. The summed E-state index contributed by atoms with van der Waals surface area (Å²) in [6.45, 7) is 0. The molecule has 0 fully saturated rings. The van der Waals surface area contributed by atoms with Crippen molar-refractivity contribution in [1.82, 2.24) is 5.43 Å². The molecule has 4 rings (SSSR count). The molecule has 4 aromatic rings. The second-order valence-corrected chi connectivity index (χ2v) is 6.78. The van der Waals surface area contributed by atoms with E-state index in [1.54, 1.807) is 0 Å². The van der Waals surface area contributed by atoms with Crippen molar-refractivity contribution in [2.45, 2.75) is 0 Å². The van der Waals surface area contributed by atoms with Crippen LogP contribution in [0.3, 0.4) is 0 Å². The van der Waals surface area contributed by atoms with Gasteiger partial charge in [-0.2, -0.15) is 0 Å². The number of thiophene rings is 1. The molecule has 2 N–H and O–H groups in total. The number of anilines is 1. The first kappa shape index (κ1) is 15.0. The molecule has 24 heavy (non-hydrogen) atoms. The summed E-state index contributed by atoms with van der Waals surface area (Å²) in [5, 5.41) is 3.61. The molecule has 0 unspecified atom stereocenters. The first-order valence-electron chi connectivity index (χ1n) is 7.45. The zero-order valence-electron chi connectivity index (χ0n) is 12.5. The summed E-state index contributed by atoms with van der Waals surface area (Å²) >= 11 is 7.93. The molecular formula is C19H13ClN2OS. The van der Waals surface area contributed by atoms with Crippen LogP contribution in [0, 0.1) is 0 Å². The standard InChI is InChI=1S/C19H13ClN2OS/c20-17-16-14-9-5-4-6-12(14)10-11-15(16)24-18(17)19(23)22-21-13-7-2-1-3-8-13/h1-11,21H,(H,22,23). The molecule has 3 nitrogen and oxygen atoms in total. The Morgan fingerprint density at radius 3 is 2.50 bits per heavy atom. The van der Waals surface area contributed by atoms with Gasteiger partial charge in [0.25, 0.3) is 5.91 Å². The van der Waals surface area contributed by atoms with Gasteiger partial charge in [0, 0.05) is 10.1 Å².